The molecule has 0 bridgehead atoms. The summed E-state index contributed by atoms with van der Waals surface area (Å²) in [5.74, 6) is 0. The highest BCUT2D eigenvalue weighted by atomic mass is 16.3. The standard InChI is InChI=1S/C12H15NO/c1-9(14)5-6-10-3-2-4-12-11(10)7-8-13-12/h2-4,7-9,13-14H,5-6H2,1H3/t9-/m0/s1. The molecule has 0 aliphatic rings. The van der Waals surface area contributed by atoms with Crippen molar-refractivity contribution in [1.82, 2.24) is 4.98 Å². The van der Waals surface area contributed by atoms with E-state index in [-0.39, 0.29) is 6.10 Å². The number of benzene rings is 1. The molecule has 0 saturated heterocycles. The highest BCUT2D eigenvalue weighted by Gasteiger charge is 2.02. The van der Waals surface area contributed by atoms with Crippen molar-refractivity contribution in [3.63, 3.8) is 0 Å². The van der Waals surface area contributed by atoms with E-state index in [0.717, 1.165) is 12.8 Å². The van der Waals surface area contributed by atoms with Crippen LogP contribution in [0.25, 0.3) is 10.9 Å². The monoisotopic (exact) mass is 189 g/mol. The Labute approximate surface area is 83.6 Å². The van der Waals surface area contributed by atoms with Gasteiger partial charge in [-0.1, -0.05) is 12.1 Å². The number of H-pyrrole nitrogens is 1. The predicted octanol–water partition coefficient (Wildman–Crippen LogP) is 2.48. The zero-order valence-electron chi connectivity index (χ0n) is 8.33. The van der Waals surface area contributed by atoms with Crippen LogP contribution in [0.2, 0.25) is 0 Å². The molecule has 2 rings (SSSR count). The number of aryl methyl sites for hydroxylation is 1. The molecule has 1 aromatic heterocycles. The van der Waals surface area contributed by atoms with E-state index >= 15 is 0 Å². The Morgan fingerprint density at radius 1 is 1.36 bits per heavy atom. The van der Waals surface area contributed by atoms with Gasteiger partial charge in [0.25, 0.3) is 0 Å². The van der Waals surface area contributed by atoms with Gasteiger partial charge in [-0.15, -0.1) is 0 Å². The van der Waals surface area contributed by atoms with E-state index in [0.29, 0.717) is 0 Å². The van der Waals surface area contributed by atoms with Gasteiger partial charge in [-0.05, 0) is 37.5 Å². The Morgan fingerprint density at radius 3 is 3.00 bits per heavy atom. The van der Waals surface area contributed by atoms with Crippen LogP contribution in [-0.2, 0) is 6.42 Å². The summed E-state index contributed by atoms with van der Waals surface area (Å²) >= 11 is 0. The topological polar surface area (TPSA) is 36.0 Å². The molecule has 2 nitrogen and oxygen atoms in total. The van der Waals surface area contributed by atoms with Crippen molar-refractivity contribution in [2.45, 2.75) is 25.9 Å². The van der Waals surface area contributed by atoms with Gasteiger partial charge in [0.15, 0.2) is 0 Å². The van der Waals surface area contributed by atoms with Crippen LogP contribution in [0, 0.1) is 0 Å². The first kappa shape index (κ1) is 9.28. The Morgan fingerprint density at radius 2 is 2.21 bits per heavy atom. The molecule has 2 aromatic rings. The predicted molar refractivity (Wildman–Crippen MR) is 58.3 cm³/mol. The highest BCUT2D eigenvalue weighted by Crippen LogP contribution is 2.18. The Bertz CT molecular complexity index is 417. The smallest absolute Gasteiger partial charge is 0.0515 e. The molecule has 14 heavy (non-hydrogen) atoms. The summed E-state index contributed by atoms with van der Waals surface area (Å²) in [6, 6.07) is 8.34. The van der Waals surface area contributed by atoms with Crippen LogP contribution in [-0.4, -0.2) is 16.2 Å². The fourth-order valence-corrected chi connectivity index (χ4v) is 1.73. The third-order valence-corrected chi connectivity index (χ3v) is 2.52. The number of nitrogens with one attached hydrogen (secondary N) is 1. The minimum absolute atomic E-state index is 0.218. The summed E-state index contributed by atoms with van der Waals surface area (Å²) in [4.78, 5) is 3.19. The van der Waals surface area contributed by atoms with Gasteiger partial charge < -0.3 is 10.1 Å². The lowest BCUT2D eigenvalue weighted by molar-refractivity contribution is 0.185. The summed E-state index contributed by atoms with van der Waals surface area (Å²) in [5, 5.41) is 10.5. The van der Waals surface area contributed by atoms with Gasteiger partial charge in [-0.3, -0.25) is 0 Å². The van der Waals surface area contributed by atoms with E-state index in [9.17, 15) is 5.11 Å². The van der Waals surface area contributed by atoms with Crippen molar-refractivity contribution in [1.29, 1.82) is 0 Å². The van der Waals surface area contributed by atoms with E-state index in [4.69, 9.17) is 0 Å². The molecule has 1 atom stereocenters. The average molecular weight is 189 g/mol. The van der Waals surface area contributed by atoms with Crippen LogP contribution in [0.15, 0.2) is 30.5 Å². The lowest BCUT2D eigenvalue weighted by Crippen LogP contribution is -2.01. The van der Waals surface area contributed by atoms with Crippen molar-refractivity contribution < 1.29 is 5.11 Å². The summed E-state index contributed by atoms with van der Waals surface area (Å²) in [7, 11) is 0. The molecule has 0 fully saturated rings. The Balaban J connectivity index is 2.27. The average Bonchev–Trinajstić information content (AvgIpc) is 2.62. The number of aliphatic hydroxyl groups excluding tert-OH is 1. The maximum atomic E-state index is 9.23. The summed E-state index contributed by atoms with van der Waals surface area (Å²) in [5.41, 5.74) is 2.48. The molecule has 2 heteroatoms. The molecule has 0 aliphatic carbocycles. The first-order chi connectivity index (χ1) is 6.77. The molecule has 0 amide bonds. The van der Waals surface area contributed by atoms with Crippen LogP contribution in [0.1, 0.15) is 18.9 Å². The maximum Gasteiger partial charge on any atom is 0.0515 e. The number of hydrogen-bond acceptors (Lipinski definition) is 1. The number of aliphatic hydroxyl groups is 1. The van der Waals surface area contributed by atoms with Crippen LogP contribution in [0.5, 0.6) is 0 Å². The largest absolute Gasteiger partial charge is 0.393 e. The Kier molecular flexibility index (Phi) is 2.55. The van der Waals surface area contributed by atoms with Crippen molar-refractivity contribution in [3.8, 4) is 0 Å². The maximum absolute atomic E-state index is 9.23. The number of fused-ring (bicyclic) bond motifs is 1. The first-order valence-corrected chi connectivity index (χ1v) is 5.00. The summed E-state index contributed by atoms with van der Waals surface area (Å²) < 4.78 is 0. The van der Waals surface area contributed by atoms with E-state index < -0.39 is 0 Å². The summed E-state index contributed by atoms with van der Waals surface area (Å²) in [6.45, 7) is 1.83. The van der Waals surface area contributed by atoms with Crippen molar-refractivity contribution in [2.75, 3.05) is 0 Å². The fourth-order valence-electron chi connectivity index (χ4n) is 1.73. The third kappa shape index (κ3) is 1.80. The molecule has 74 valence electrons. The Hall–Kier alpha value is -1.28. The first-order valence-electron chi connectivity index (χ1n) is 5.00. The van der Waals surface area contributed by atoms with Gasteiger partial charge in [0, 0.05) is 17.1 Å². The number of aromatic nitrogens is 1. The molecule has 0 radical (unpaired) electrons. The molecule has 1 aromatic carbocycles. The number of hydrogen-bond donors (Lipinski definition) is 2. The van der Waals surface area contributed by atoms with Gasteiger partial charge >= 0.3 is 0 Å². The van der Waals surface area contributed by atoms with E-state index in [1.54, 1.807) is 0 Å². The molecule has 1 heterocycles. The number of aromatic amines is 1. The normalized spacial score (nSPS) is 13.3. The molecular formula is C12H15NO. The quantitative estimate of drug-likeness (QED) is 0.764. The van der Waals surface area contributed by atoms with Gasteiger partial charge in [0.1, 0.15) is 0 Å². The lowest BCUT2D eigenvalue weighted by Gasteiger charge is -2.05. The van der Waals surface area contributed by atoms with Crippen LogP contribution < -0.4 is 0 Å². The van der Waals surface area contributed by atoms with Crippen molar-refractivity contribution in [2.24, 2.45) is 0 Å². The molecule has 0 saturated carbocycles. The second-order valence-electron chi connectivity index (χ2n) is 3.74. The SMILES string of the molecule is C[C@H](O)CCc1cccc2[nH]ccc12. The van der Waals surface area contributed by atoms with Crippen LogP contribution in [0.4, 0.5) is 0 Å². The molecule has 2 N–H and O–H groups in total. The second kappa shape index (κ2) is 3.84. The van der Waals surface area contributed by atoms with Gasteiger partial charge in [-0.2, -0.15) is 0 Å². The highest BCUT2D eigenvalue weighted by molar-refractivity contribution is 5.82. The second-order valence-corrected chi connectivity index (χ2v) is 3.74. The van der Waals surface area contributed by atoms with Crippen molar-refractivity contribution in [3.05, 3.63) is 36.0 Å². The van der Waals surface area contributed by atoms with Crippen LogP contribution in [0.3, 0.4) is 0 Å². The fraction of sp³-hybridized carbons (Fsp3) is 0.333. The van der Waals surface area contributed by atoms with E-state index in [2.05, 4.69) is 29.2 Å². The summed E-state index contributed by atoms with van der Waals surface area (Å²) in [6.07, 6.45) is 3.50. The molecular weight excluding hydrogens is 174 g/mol. The molecule has 0 unspecified atom stereocenters. The van der Waals surface area contributed by atoms with Crippen molar-refractivity contribution >= 4 is 10.9 Å². The minimum Gasteiger partial charge on any atom is -0.393 e. The van der Waals surface area contributed by atoms with E-state index in [1.165, 1.54) is 16.5 Å². The molecule has 0 spiro atoms. The number of rotatable bonds is 3. The van der Waals surface area contributed by atoms with Gasteiger partial charge in [-0.25, -0.2) is 0 Å². The van der Waals surface area contributed by atoms with Gasteiger partial charge in [0.05, 0.1) is 6.10 Å². The zero-order valence-corrected chi connectivity index (χ0v) is 8.33. The van der Waals surface area contributed by atoms with E-state index in [1.807, 2.05) is 13.1 Å². The molecule has 0 aliphatic heterocycles. The lowest BCUT2D eigenvalue weighted by atomic mass is 10.0. The minimum atomic E-state index is -0.218. The van der Waals surface area contributed by atoms with Gasteiger partial charge in [0.2, 0.25) is 0 Å². The van der Waals surface area contributed by atoms with Crippen LogP contribution >= 0.6 is 0 Å². The third-order valence-electron chi connectivity index (χ3n) is 2.52. The zero-order chi connectivity index (χ0) is 9.97.